The van der Waals surface area contributed by atoms with Crippen LogP contribution in [0.15, 0.2) is 24.4 Å². The number of hydrogen-bond acceptors (Lipinski definition) is 4. The number of carbonyl (C=O) groups is 1. The molecule has 3 heterocycles. The van der Waals surface area contributed by atoms with Gasteiger partial charge in [-0.25, -0.2) is 9.50 Å². The Balaban J connectivity index is 1.50. The molecular weight excluding hydrogens is 437 g/mol. The summed E-state index contributed by atoms with van der Waals surface area (Å²) in [5.41, 5.74) is -0.743. The molecule has 9 heteroatoms. The van der Waals surface area contributed by atoms with Crippen molar-refractivity contribution in [1.82, 2.24) is 19.9 Å². The van der Waals surface area contributed by atoms with Crippen molar-refractivity contribution in [2.75, 3.05) is 0 Å². The van der Waals surface area contributed by atoms with Gasteiger partial charge in [0.2, 0.25) is 0 Å². The Labute approximate surface area is 188 Å². The molecule has 1 N–H and O–H groups in total. The predicted octanol–water partition coefficient (Wildman–Crippen LogP) is 5.59. The van der Waals surface area contributed by atoms with Crippen molar-refractivity contribution < 1.29 is 18.0 Å². The van der Waals surface area contributed by atoms with E-state index in [0.29, 0.717) is 16.7 Å². The topological polar surface area (TPSA) is 59.3 Å². The molecule has 0 saturated heterocycles. The molecule has 3 aromatic heterocycles. The standard InChI is InChI=1S/C23H25F3N4OS/c1-3-15-6-7-19(32-15)18-10-20(23(24,25)26)30-21(29-18)17(11-27-30)22(31)28-12(2)16-9-13-4-5-14(16)8-13/h6-7,10-14,16H,3-5,8-9H2,1-2H3,(H,28,31)/t12-,13-,14-,16-/m0/s1. The lowest BCUT2D eigenvalue weighted by Gasteiger charge is -2.28. The summed E-state index contributed by atoms with van der Waals surface area (Å²) >= 11 is 1.40. The maximum absolute atomic E-state index is 13.8. The maximum atomic E-state index is 13.8. The molecule has 2 bridgehead atoms. The monoisotopic (exact) mass is 462 g/mol. The Hall–Kier alpha value is -2.42. The zero-order chi connectivity index (χ0) is 22.6. The molecule has 2 saturated carbocycles. The average molecular weight is 463 g/mol. The van der Waals surface area contributed by atoms with Crippen LogP contribution < -0.4 is 5.32 Å². The van der Waals surface area contributed by atoms with Crippen molar-refractivity contribution in [3.63, 3.8) is 0 Å². The fraction of sp³-hybridized carbons (Fsp3) is 0.522. The minimum atomic E-state index is -4.63. The molecule has 5 nitrogen and oxygen atoms in total. The number of aryl methyl sites for hydroxylation is 1. The number of halogens is 3. The maximum Gasteiger partial charge on any atom is 0.433 e. The van der Waals surface area contributed by atoms with Crippen molar-refractivity contribution in [3.8, 4) is 10.6 Å². The summed E-state index contributed by atoms with van der Waals surface area (Å²) in [5, 5.41) is 6.90. The van der Waals surface area contributed by atoms with Crippen LogP contribution in [0.5, 0.6) is 0 Å². The molecule has 2 aliphatic carbocycles. The molecule has 5 rings (SSSR count). The Morgan fingerprint density at radius 1 is 1.31 bits per heavy atom. The van der Waals surface area contributed by atoms with Crippen molar-refractivity contribution >= 4 is 22.9 Å². The Morgan fingerprint density at radius 2 is 2.12 bits per heavy atom. The first-order chi connectivity index (χ1) is 15.2. The fourth-order valence-corrected chi connectivity index (χ4v) is 6.36. The minimum Gasteiger partial charge on any atom is -0.349 e. The Kier molecular flexibility index (Phi) is 5.27. The molecule has 3 aromatic rings. The van der Waals surface area contributed by atoms with E-state index in [-0.39, 0.29) is 22.9 Å². The Morgan fingerprint density at radius 3 is 2.75 bits per heavy atom. The predicted molar refractivity (Wildman–Crippen MR) is 117 cm³/mol. The van der Waals surface area contributed by atoms with Crippen LogP contribution in [0.2, 0.25) is 0 Å². The number of amides is 1. The molecule has 0 radical (unpaired) electrons. The number of fused-ring (bicyclic) bond motifs is 3. The van der Waals surface area contributed by atoms with Crippen LogP contribution in [-0.4, -0.2) is 26.5 Å². The second-order valence-electron chi connectivity index (χ2n) is 9.04. The molecule has 32 heavy (non-hydrogen) atoms. The van der Waals surface area contributed by atoms with Crippen LogP contribution in [0.4, 0.5) is 13.2 Å². The van der Waals surface area contributed by atoms with Crippen LogP contribution in [0.3, 0.4) is 0 Å². The highest BCUT2D eigenvalue weighted by atomic mass is 32.1. The van der Waals surface area contributed by atoms with Crippen LogP contribution in [0.1, 0.15) is 60.5 Å². The van der Waals surface area contributed by atoms with E-state index in [0.717, 1.165) is 34.2 Å². The van der Waals surface area contributed by atoms with Gasteiger partial charge in [-0.05, 0) is 68.6 Å². The van der Waals surface area contributed by atoms with Gasteiger partial charge in [-0.3, -0.25) is 4.79 Å². The number of aromatic nitrogens is 3. The van der Waals surface area contributed by atoms with E-state index in [1.54, 1.807) is 6.07 Å². The molecule has 1 amide bonds. The first kappa shape index (κ1) is 21.4. The van der Waals surface area contributed by atoms with E-state index in [2.05, 4.69) is 15.4 Å². The molecule has 4 atom stereocenters. The summed E-state index contributed by atoms with van der Waals surface area (Å²) < 4.78 is 42.2. The van der Waals surface area contributed by atoms with E-state index in [4.69, 9.17) is 0 Å². The SMILES string of the molecule is CCc1ccc(-c2cc(C(F)(F)F)n3ncc(C(=O)N[C@@H](C)[C@@H]4C[C@H]5CC[C@H]4C5)c3n2)s1. The van der Waals surface area contributed by atoms with Crippen LogP contribution in [-0.2, 0) is 12.6 Å². The summed E-state index contributed by atoms with van der Waals surface area (Å²) in [6.45, 7) is 3.98. The summed E-state index contributed by atoms with van der Waals surface area (Å²) in [7, 11) is 0. The number of thiophene rings is 1. The lowest BCUT2D eigenvalue weighted by molar-refractivity contribution is -0.142. The molecular formula is C23H25F3N4OS. The number of hydrogen-bond donors (Lipinski definition) is 1. The van der Waals surface area contributed by atoms with Gasteiger partial charge in [-0.1, -0.05) is 13.3 Å². The third-order valence-corrected chi connectivity index (χ3v) is 8.32. The highest BCUT2D eigenvalue weighted by molar-refractivity contribution is 7.15. The number of alkyl halides is 3. The van der Waals surface area contributed by atoms with Crippen LogP contribution >= 0.6 is 11.3 Å². The third-order valence-electron chi connectivity index (χ3n) is 7.06. The van der Waals surface area contributed by atoms with Gasteiger partial charge < -0.3 is 5.32 Å². The van der Waals surface area contributed by atoms with Gasteiger partial charge in [0, 0.05) is 10.9 Å². The summed E-state index contributed by atoms with van der Waals surface area (Å²) in [5.74, 6) is 1.38. The van der Waals surface area contributed by atoms with Gasteiger partial charge >= 0.3 is 6.18 Å². The van der Waals surface area contributed by atoms with Crippen molar-refractivity contribution in [3.05, 3.63) is 40.5 Å². The van der Waals surface area contributed by atoms with E-state index in [1.807, 2.05) is 19.9 Å². The molecule has 2 fully saturated rings. The molecule has 0 spiro atoms. The highest BCUT2D eigenvalue weighted by Crippen LogP contribution is 2.49. The average Bonchev–Trinajstić information content (AvgIpc) is 3.55. The smallest absolute Gasteiger partial charge is 0.349 e. The fourth-order valence-electron chi connectivity index (χ4n) is 5.45. The largest absolute Gasteiger partial charge is 0.433 e. The normalized spacial score (nSPS) is 23.7. The number of nitrogens with one attached hydrogen (secondary N) is 1. The second kappa shape index (κ2) is 7.86. The molecule has 0 aliphatic heterocycles. The Bertz CT molecular complexity index is 1170. The van der Waals surface area contributed by atoms with Gasteiger partial charge in [-0.2, -0.15) is 18.3 Å². The van der Waals surface area contributed by atoms with Gasteiger partial charge in [0.15, 0.2) is 11.3 Å². The van der Waals surface area contributed by atoms with Crippen LogP contribution in [0, 0.1) is 17.8 Å². The minimum absolute atomic E-state index is 0.0394. The highest BCUT2D eigenvalue weighted by Gasteiger charge is 2.42. The molecule has 0 unspecified atom stereocenters. The van der Waals surface area contributed by atoms with Gasteiger partial charge in [0.25, 0.3) is 5.91 Å². The van der Waals surface area contributed by atoms with Gasteiger partial charge in [0.1, 0.15) is 5.56 Å². The molecule has 2 aliphatic rings. The van der Waals surface area contributed by atoms with Crippen molar-refractivity contribution in [2.45, 2.75) is 58.2 Å². The van der Waals surface area contributed by atoms with Gasteiger partial charge in [-0.15, -0.1) is 11.3 Å². The lowest BCUT2D eigenvalue weighted by Crippen LogP contribution is -2.40. The summed E-state index contributed by atoms with van der Waals surface area (Å²) in [6.07, 6.45) is 2.16. The van der Waals surface area contributed by atoms with E-state index in [1.165, 1.54) is 36.8 Å². The first-order valence-corrected chi connectivity index (χ1v) is 11.9. The lowest BCUT2D eigenvalue weighted by atomic mass is 9.84. The molecule has 170 valence electrons. The van der Waals surface area contributed by atoms with Crippen molar-refractivity contribution in [1.29, 1.82) is 0 Å². The first-order valence-electron chi connectivity index (χ1n) is 11.1. The van der Waals surface area contributed by atoms with E-state index in [9.17, 15) is 18.0 Å². The quantitative estimate of drug-likeness (QED) is 0.537. The number of rotatable bonds is 5. The van der Waals surface area contributed by atoms with Crippen LogP contribution in [0.25, 0.3) is 16.2 Å². The number of nitrogens with zero attached hydrogens (tertiary/aromatic N) is 3. The number of carbonyl (C=O) groups excluding carboxylic acids is 1. The van der Waals surface area contributed by atoms with E-state index >= 15 is 0 Å². The molecule has 0 aromatic carbocycles. The summed E-state index contributed by atoms with van der Waals surface area (Å²) in [4.78, 5) is 19.2. The second-order valence-corrected chi connectivity index (χ2v) is 10.2. The zero-order valence-electron chi connectivity index (χ0n) is 17.9. The van der Waals surface area contributed by atoms with E-state index < -0.39 is 17.8 Å². The van der Waals surface area contributed by atoms with Crippen molar-refractivity contribution in [2.24, 2.45) is 17.8 Å². The summed E-state index contributed by atoms with van der Waals surface area (Å²) in [6, 6.07) is 4.63. The zero-order valence-corrected chi connectivity index (χ0v) is 18.8. The van der Waals surface area contributed by atoms with Gasteiger partial charge in [0.05, 0.1) is 16.8 Å². The third kappa shape index (κ3) is 3.70.